The van der Waals surface area contributed by atoms with Crippen LogP contribution >= 0.6 is 11.6 Å². The average molecular weight is 445 g/mol. The number of carbonyl (C=O) groups is 3. The molecule has 0 unspecified atom stereocenters. The van der Waals surface area contributed by atoms with Gasteiger partial charge in [-0.25, -0.2) is 9.78 Å². The summed E-state index contributed by atoms with van der Waals surface area (Å²) in [5, 5.41) is 5.50. The van der Waals surface area contributed by atoms with Gasteiger partial charge in [0.15, 0.2) is 0 Å². The number of hydrogen-bond donors (Lipinski definition) is 2. The number of amides is 3. The Bertz CT molecular complexity index is 1020. The molecule has 9 heteroatoms. The van der Waals surface area contributed by atoms with Gasteiger partial charge < -0.3 is 20.3 Å². The van der Waals surface area contributed by atoms with Crippen LogP contribution in [-0.4, -0.2) is 55.0 Å². The molecule has 164 valence electrons. The van der Waals surface area contributed by atoms with Gasteiger partial charge in [0.2, 0.25) is 5.91 Å². The Morgan fingerprint density at radius 3 is 2.52 bits per heavy atom. The topological polar surface area (TPSA) is 101 Å². The number of likely N-dealkylation sites (tertiary alicyclic amines) is 1. The predicted octanol–water partition coefficient (Wildman–Crippen LogP) is 3.18. The van der Waals surface area contributed by atoms with Crippen LogP contribution in [0.25, 0.3) is 0 Å². The summed E-state index contributed by atoms with van der Waals surface area (Å²) in [4.78, 5) is 43.4. The molecule has 1 aliphatic heterocycles. The number of nitrogens with zero attached hydrogens (tertiary/aromatic N) is 2. The maximum atomic E-state index is 13.6. The fourth-order valence-electron chi connectivity index (χ4n) is 3.83. The highest BCUT2D eigenvalue weighted by Gasteiger charge is 2.54. The summed E-state index contributed by atoms with van der Waals surface area (Å²) in [5.74, 6) is -0.567. The number of nitrogens with one attached hydrogen (secondary N) is 2. The second-order valence-electron chi connectivity index (χ2n) is 7.74. The van der Waals surface area contributed by atoms with Gasteiger partial charge in [-0.15, -0.1) is 0 Å². The van der Waals surface area contributed by atoms with E-state index in [9.17, 15) is 14.4 Å². The molecule has 2 heterocycles. The van der Waals surface area contributed by atoms with Gasteiger partial charge in [-0.3, -0.25) is 9.59 Å². The van der Waals surface area contributed by atoms with Crippen LogP contribution in [0.2, 0.25) is 5.15 Å². The van der Waals surface area contributed by atoms with Crippen LogP contribution in [0.5, 0.6) is 0 Å². The minimum absolute atomic E-state index is 0.136. The molecular weight excluding hydrogens is 420 g/mol. The summed E-state index contributed by atoms with van der Waals surface area (Å²) in [6.07, 6.45) is 0.855. The maximum Gasteiger partial charge on any atom is 0.409 e. The van der Waals surface area contributed by atoms with E-state index < -0.39 is 17.4 Å². The smallest absolute Gasteiger partial charge is 0.409 e. The first kappa shape index (κ1) is 22.6. The van der Waals surface area contributed by atoms with E-state index in [4.69, 9.17) is 16.3 Å². The van der Waals surface area contributed by atoms with Crippen molar-refractivity contribution in [1.82, 2.24) is 15.2 Å². The van der Waals surface area contributed by atoms with Gasteiger partial charge in [0.05, 0.1) is 24.6 Å². The molecule has 31 heavy (non-hydrogen) atoms. The van der Waals surface area contributed by atoms with E-state index in [-0.39, 0.29) is 41.3 Å². The van der Waals surface area contributed by atoms with E-state index in [0.29, 0.717) is 0 Å². The Hall–Kier alpha value is -3.13. The predicted molar refractivity (Wildman–Crippen MR) is 117 cm³/mol. The van der Waals surface area contributed by atoms with Gasteiger partial charge in [-0.2, -0.15) is 0 Å². The molecule has 2 N–H and O–H groups in total. The molecule has 0 spiro atoms. The van der Waals surface area contributed by atoms with Crippen LogP contribution in [0.3, 0.4) is 0 Å². The van der Waals surface area contributed by atoms with E-state index >= 15 is 0 Å². The molecule has 3 amide bonds. The Balaban J connectivity index is 2.02. The molecule has 0 atom stereocenters. The minimum Gasteiger partial charge on any atom is -0.453 e. The van der Waals surface area contributed by atoms with Crippen molar-refractivity contribution >= 4 is 35.2 Å². The third kappa shape index (κ3) is 4.20. The van der Waals surface area contributed by atoms with Crippen molar-refractivity contribution in [3.05, 3.63) is 58.4 Å². The highest BCUT2D eigenvalue weighted by molar-refractivity contribution is 6.30. The van der Waals surface area contributed by atoms with Crippen LogP contribution in [0, 0.1) is 0 Å². The summed E-state index contributed by atoms with van der Waals surface area (Å²) in [6, 6.07) is 9.08. The first-order chi connectivity index (χ1) is 14.7. The molecule has 0 radical (unpaired) electrons. The number of anilines is 1. The van der Waals surface area contributed by atoms with Gasteiger partial charge >= 0.3 is 6.09 Å². The molecule has 1 aliphatic rings. The molecule has 3 rings (SSSR count). The largest absolute Gasteiger partial charge is 0.453 e. The highest BCUT2D eigenvalue weighted by atomic mass is 35.5. The molecule has 1 aromatic carbocycles. The number of ether oxygens (including phenoxy) is 1. The number of carbonyl (C=O) groups excluding carboxylic acids is 3. The fourth-order valence-corrected chi connectivity index (χ4v) is 3.99. The second-order valence-corrected chi connectivity index (χ2v) is 8.12. The lowest BCUT2D eigenvalue weighted by atomic mass is 9.70. The fraction of sp³-hybridized carbons (Fsp3) is 0.364. The van der Waals surface area contributed by atoms with Crippen LogP contribution in [0.4, 0.5) is 10.5 Å². The highest BCUT2D eigenvalue weighted by Crippen LogP contribution is 2.40. The third-order valence-corrected chi connectivity index (χ3v) is 5.68. The van der Waals surface area contributed by atoms with Gasteiger partial charge in [0.25, 0.3) is 5.91 Å². The average Bonchev–Trinajstić information content (AvgIpc) is 2.73. The lowest BCUT2D eigenvalue weighted by molar-refractivity contribution is -0.127. The number of hydrogen-bond acceptors (Lipinski definition) is 5. The van der Waals surface area contributed by atoms with Crippen LogP contribution in [-0.2, 0) is 14.9 Å². The van der Waals surface area contributed by atoms with Crippen molar-refractivity contribution in [2.24, 2.45) is 0 Å². The third-order valence-electron chi connectivity index (χ3n) is 5.48. The summed E-state index contributed by atoms with van der Waals surface area (Å²) in [7, 11) is 2.79. The summed E-state index contributed by atoms with van der Waals surface area (Å²) >= 11 is 5.94. The Morgan fingerprint density at radius 2 is 1.90 bits per heavy atom. The summed E-state index contributed by atoms with van der Waals surface area (Å²) in [5.41, 5.74) is 1.31. The molecule has 8 nitrogen and oxygen atoms in total. The second kappa shape index (κ2) is 8.93. The number of aromatic nitrogens is 1. The van der Waals surface area contributed by atoms with Crippen molar-refractivity contribution < 1.29 is 19.1 Å². The Morgan fingerprint density at radius 1 is 1.23 bits per heavy atom. The van der Waals surface area contributed by atoms with Crippen molar-refractivity contribution in [2.45, 2.75) is 25.2 Å². The molecular formula is C22H25ClN4O4. The van der Waals surface area contributed by atoms with Crippen LogP contribution in [0.15, 0.2) is 36.5 Å². The minimum atomic E-state index is -0.991. The van der Waals surface area contributed by atoms with Crippen molar-refractivity contribution in [2.75, 3.05) is 32.6 Å². The van der Waals surface area contributed by atoms with Gasteiger partial charge in [0, 0.05) is 20.1 Å². The monoisotopic (exact) mass is 444 g/mol. The van der Waals surface area contributed by atoms with Gasteiger partial charge in [0.1, 0.15) is 10.6 Å². The van der Waals surface area contributed by atoms with E-state index in [1.165, 1.54) is 31.3 Å². The van der Waals surface area contributed by atoms with E-state index in [0.717, 1.165) is 11.1 Å². The van der Waals surface area contributed by atoms with E-state index in [1.54, 1.807) is 0 Å². The van der Waals surface area contributed by atoms with Crippen LogP contribution < -0.4 is 10.6 Å². The molecule has 1 aromatic heterocycles. The zero-order valence-electron chi connectivity index (χ0n) is 17.9. The standard InChI is InChI=1S/C22H25ClN4O4/c1-13(2)14-7-5-6-8-16(14)22(11-27(12-22)21(30)31-4)20(29)26-17-10-25-18(23)9-15(17)19(28)24-3/h5-10,13H,11-12H2,1-4H3,(H,24,28)(H,26,29). The first-order valence-corrected chi connectivity index (χ1v) is 10.2. The molecule has 0 aliphatic carbocycles. The van der Waals surface area contributed by atoms with Crippen molar-refractivity contribution in [3.8, 4) is 0 Å². The maximum absolute atomic E-state index is 13.6. The Labute approximate surface area is 185 Å². The molecule has 0 bridgehead atoms. The number of pyridine rings is 1. The number of rotatable bonds is 5. The number of benzene rings is 1. The zero-order valence-corrected chi connectivity index (χ0v) is 18.6. The molecule has 0 saturated carbocycles. The normalized spacial score (nSPS) is 14.6. The van der Waals surface area contributed by atoms with Gasteiger partial charge in [-0.05, 0) is 23.1 Å². The molecule has 1 saturated heterocycles. The first-order valence-electron chi connectivity index (χ1n) is 9.85. The van der Waals surface area contributed by atoms with E-state index in [2.05, 4.69) is 15.6 Å². The summed E-state index contributed by atoms with van der Waals surface area (Å²) in [6.45, 7) is 4.42. The quantitative estimate of drug-likeness (QED) is 0.690. The van der Waals surface area contributed by atoms with Crippen molar-refractivity contribution in [1.29, 1.82) is 0 Å². The van der Waals surface area contributed by atoms with Crippen molar-refractivity contribution in [3.63, 3.8) is 0 Å². The number of methoxy groups -OCH3 is 1. The summed E-state index contributed by atoms with van der Waals surface area (Å²) < 4.78 is 4.82. The van der Waals surface area contributed by atoms with E-state index in [1.807, 2.05) is 38.1 Å². The SMILES string of the molecule is CNC(=O)c1cc(Cl)ncc1NC(=O)C1(c2ccccc2C(C)C)CN(C(=O)OC)C1. The lowest BCUT2D eigenvalue weighted by Crippen LogP contribution is -2.66. The van der Waals surface area contributed by atoms with Gasteiger partial charge in [-0.1, -0.05) is 49.7 Å². The Kier molecular flexibility index (Phi) is 6.50. The zero-order chi connectivity index (χ0) is 22.8. The molecule has 2 aromatic rings. The molecule has 1 fully saturated rings. The van der Waals surface area contributed by atoms with Crippen LogP contribution in [0.1, 0.15) is 41.3 Å². The number of halogens is 1. The lowest BCUT2D eigenvalue weighted by Gasteiger charge is -2.49.